The molecule has 146 valence electrons. The summed E-state index contributed by atoms with van der Waals surface area (Å²) in [6.07, 6.45) is 1.17. The molecule has 2 aromatic rings. The molecule has 7 heteroatoms. The van der Waals surface area contributed by atoms with Crippen LogP contribution in [0.3, 0.4) is 0 Å². The molecule has 0 aliphatic heterocycles. The molecule has 2 rings (SSSR count). The molecule has 2 aromatic carbocycles. The van der Waals surface area contributed by atoms with Crippen molar-refractivity contribution >= 4 is 21.6 Å². The van der Waals surface area contributed by atoms with Crippen LogP contribution >= 0.6 is 0 Å². The maximum atomic E-state index is 12.3. The minimum Gasteiger partial charge on any atom is -0.484 e. The molecule has 0 aliphatic rings. The third kappa shape index (κ3) is 5.99. The van der Waals surface area contributed by atoms with Gasteiger partial charge in [-0.25, -0.2) is 8.42 Å². The molecule has 27 heavy (non-hydrogen) atoms. The third-order valence-corrected chi connectivity index (χ3v) is 5.20. The number of carbonyl (C=O) groups excluding carboxylic acids is 1. The predicted octanol–water partition coefficient (Wildman–Crippen LogP) is 2.57. The van der Waals surface area contributed by atoms with Gasteiger partial charge in [-0.05, 0) is 44.0 Å². The van der Waals surface area contributed by atoms with Crippen LogP contribution in [-0.2, 0) is 14.8 Å². The Balaban J connectivity index is 1.99. The van der Waals surface area contributed by atoms with Crippen LogP contribution in [0.2, 0.25) is 0 Å². The Morgan fingerprint density at radius 2 is 1.67 bits per heavy atom. The Morgan fingerprint density at radius 1 is 1.07 bits per heavy atom. The third-order valence-electron chi connectivity index (χ3n) is 4.04. The van der Waals surface area contributed by atoms with Crippen LogP contribution < -0.4 is 14.4 Å². The fourth-order valence-electron chi connectivity index (χ4n) is 3.02. The zero-order valence-corrected chi connectivity index (χ0v) is 17.0. The summed E-state index contributed by atoms with van der Waals surface area (Å²) in [4.78, 5) is 12.0. The number of amides is 1. The van der Waals surface area contributed by atoms with Crippen LogP contribution in [0.1, 0.15) is 16.7 Å². The summed E-state index contributed by atoms with van der Waals surface area (Å²) < 4.78 is 31.3. The van der Waals surface area contributed by atoms with Gasteiger partial charge in [0.15, 0.2) is 6.61 Å². The van der Waals surface area contributed by atoms with E-state index in [2.05, 4.69) is 5.32 Å². The van der Waals surface area contributed by atoms with Crippen molar-refractivity contribution in [1.29, 1.82) is 0 Å². The average Bonchev–Trinajstić information content (AvgIpc) is 2.58. The summed E-state index contributed by atoms with van der Waals surface area (Å²) >= 11 is 0. The molecule has 0 heterocycles. The number of anilines is 1. The van der Waals surface area contributed by atoms with Gasteiger partial charge in [0.1, 0.15) is 5.75 Å². The summed E-state index contributed by atoms with van der Waals surface area (Å²) in [5.74, 6) is 0.306. The molecule has 0 spiro atoms. The highest BCUT2D eigenvalue weighted by atomic mass is 32.2. The van der Waals surface area contributed by atoms with Crippen molar-refractivity contribution in [2.24, 2.45) is 0 Å². The summed E-state index contributed by atoms with van der Waals surface area (Å²) in [6.45, 7) is 5.98. The fourth-order valence-corrected chi connectivity index (χ4v) is 4.07. The number of aryl methyl sites for hydroxylation is 3. The average molecular weight is 391 g/mol. The first-order valence-corrected chi connectivity index (χ1v) is 10.5. The lowest BCUT2D eigenvalue weighted by molar-refractivity contribution is -0.123. The lowest BCUT2D eigenvalue weighted by Crippen LogP contribution is -2.40. The molecule has 6 nitrogen and oxygen atoms in total. The molecule has 0 saturated heterocycles. The van der Waals surface area contributed by atoms with E-state index in [1.165, 1.54) is 10.6 Å². The quantitative estimate of drug-likeness (QED) is 0.752. The second-order valence-corrected chi connectivity index (χ2v) is 8.44. The van der Waals surface area contributed by atoms with E-state index in [4.69, 9.17) is 4.74 Å². The Bertz CT molecular complexity index is 872. The molecule has 0 radical (unpaired) electrons. The van der Waals surface area contributed by atoms with Crippen molar-refractivity contribution < 1.29 is 17.9 Å². The van der Waals surface area contributed by atoms with E-state index >= 15 is 0 Å². The molecular weight excluding hydrogens is 364 g/mol. The summed E-state index contributed by atoms with van der Waals surface area (Å²) in [7, 11) is -3.48. The molecule has 0 aromatic heterocycles. The second kappa shape index (κ2) is 8.90. The van der Waals surface area contributed by atoms with Gasteiger partial charge < -0.3 is 10.1 Å². The van der Waals surface area contributed by atoms with E-state index in [0.717, 1.165) is 16.7 Å². The van der Waals surface area contributed by atoms with Crippen LogP contribution in [0.25, 0.3) is 0 Å². The van der Waals surface area contributed by atoms with Gasteiger partial charge in [-0.1, -0.05) is 35.9 Å². The second-order valence-electron chi connectivity index (χ2n) is 6.53. The van der Waals surface area contributed by atoms with E-state index in [1.807, 2.05) is 51.1 Å². The highest BCUT2D eigenvalue weighted by Gasteiger charge is 2.21. The maximum absolute atomic E-state index is 12.3. The molecule has 0 fully saturated rings. The molecule has 0 unspecified atom stereocenters. The number of ether oxygens (including phenoxy) is 1. The van der Waals surface area contributed by atoms with Gasteiger partial charge in [0.25, 0.3) is 5.91 Å². The van der Waals surface area contributed by atoms with Gasteiger partial charge >= 0.3 is 0 Å². The lowest BCUT2D eigenvalue weighted by Gasteiger charge is -2.26. The molecule has 0 bridgehead atoms. The Kier molecular flexibility index (Phi) is 6.85. The smallest absolute Gasteiger partial charge is 0.258 e. The number of rotatable bonds is 8. The number of benzene rings is 2. The number of sulfonamides is 1. The first-order valence-electron chi connectivity index (χ1n) is 8.68. The van der Waals surface area contributed by atoms with Gasteiger partial charge in [-0.2, -0.15) is 0 Å². The normalized spacial score (nSPS) is 11.1. The largest absolute Gasteiger partial charge is 0.484 e. The number of nitrogens with zero attached hydrogens (tertiary/aromatic N) is 1. The van der Waals surface area contributed by atoms with Crippen LogP contribution in [0.4, 0.5) is 5.69 Å². The minimum atomic E-state index is -3.48. The highest BCUT2D eigenvalue weighted by Crippen LogP contribution is 2.27. The number of carbonyl (C=O) groups is 1. The predicted molar refractivity (Wildman–Crippen MR) is 108 cm³/mol. The minimum absolute atomic E-state index is 0.120. The Hall–Kier alpha value is -2.54. The molecule has 0 saturated carbocycles. The van der Waals surface area contributed by atoms with E-state index < -0.39 is 10.0 Å². The van der Waals surface area contributed by atoms with E-state index in [0.29, 0.717) is 11.4 Å². The van der Waals surface area contributed by atoms with Crippen molar-refractivity contribution in [2.75, 3.05) is 30.3 Å². The van der Waals surface area contributed by atoms with E-state index in [-0.39, 0.29) is 25.6 Å². The molecule has 0 aliphatic carbocycles. The zero-order valence-electron chi connectivity index (χ0n) is 16.2. The standard InChI is InChI=1S/C20H26N2O4S/c1-15-12-16(2)20(17(3)13-15)22(27(4,24)25)11-10-21-19(23)14-26-18-8-6-5-7-9-18/h5-9,12-13H,10-11,14H2,1-4H3,(H,21,23). The van der Waals surface area contributed by atoms with Crippen molar-refractivity contribution in [2.45, 2.75) is 20.8 Å². The van der Waals surface area contributed by atoms with Gasteiger partial charge in [-0.15, -0.1) is 0 Å². The lowest BCUT2D eigenvalue weighted by atomic mass is 10.1. The van der Waals surface area contributed by atoms with Gasteiger partial charge in [0, 0.05) is 6.54 Å². The van der Waals surface area contributed by atoms with Crippen molar-refractivity contribution in [1.82, 2.24) is 5.32 Å². The van der Waals surface area contributed by atoms with Crippen molar-refractivity contribution in [3.8, 4) is 5.75 Å². The van der Waals surface area contributed by atoms with Gasteiger partial charge in [0.05, 0.1) is 18.5 Å². The monoisotopic (exact) mass is 390 g/mol. The first kappa shape index (κ1) is 20.8. The van der Waals surface area contributed by atoms with Crippen LogP contribution in [0.5, 0.6) is 5.75 Å². The molecule has 1 amide bonds. The zero-order chi connectivity index (χ0) is 20.0. The number of hydrogen-bond acceptors (Lipinski definition) is 4. The fraction of sp³-hybridized carbons (Fsp3) is 0.350. The number of hydrogen-bond donors (Lipinski definition) is 1. The summed E-state index contributed by atoms with van der Waals surface area (Å²) in [5.41, 5.74) is 3.51. The van der Waals surface area contributed by atoms with Crippen molar-refractivity contribution in [3.05, 3.63) is 59.2 Å². The van der Waals surface area contributed by atoms with Gasteiger partial charge in [-0.3, -0.25) is 9.10 Å². The topological polar surface area (TPSA) is 75.7 Å². The van der Waals surface area contributed by atoms with E-state index in [9.17, 15) is 13.2 Å². The maximum Gasteiger partial charge on any atom is 0.258 e. The summed E-state index contributed by atoms with van der Waals surface area (Å²) in [6, 6.07) is 12.9. The van der Waals surface area contributed by atoms with Crippen LogP contribution in [0, 0.1) is 20.8 Å². The SMILES string of the molecule is Cc1cc(C)c(N(CCNC(=O)COc2ccccc2)S(C)(=O)=O)c(C)c1. The molecule has 1 N–H and O–H groups in total. The van der Waals surface area contributed by atoms with Crippen LogP contribution in [0.15, 0.2) is 42.5 Å². The van der Waals surface area contributed by atoms with Gasteiger partial charge in [0.2, 0.25) is 10.0 Å². The number of nitrogens with one attached hydrogen (secondary N) is 1. The highest BCUT2D eigenvalue weighted by molar-refractivity contribution is 7.92. The summed E-state index contributed by atoms with van der Waals surface area (Å²) in [5, 5.41) is 2.71. The molecular formula is C20H26N2O4S. The Morgan fingerprint density at radius 3 is 2.22 bits per heavy atom. The number of para-hydroxylation sites is 1. The van der Waals surface area contributed by atoms with Crippen molar-refractivity contribution in [3.63, 3.8) is 0 Å². The first-order chi connectivity index (χ1) is 12.7. The van der Waals surface area contributed by atoms with E-state index in [1.54, 1.807) is 12.1 Å². The molecule has 0 atom stereocenters. The Labute approximate surface area is 161 Å². The van der Waals surface area contributed by atoms with Crippen LogP contribution in [-0.4, -0.2) is 40.3 Å².